The first-order chi connectivity index (χ1) is 69.8. The van der Waals surface area contributed by atoms with Gasteiger partial charge >= 0.3 is 0 Å². The molecule has 0 spiro atoms. The third-order valence-corrected chi connectivity index (χ3v) is 28.8. The summed E-state index contributed by atoms with van der Waals surface area (Å²) in [6.07, 6.45) is 44.6. The minimum Gasteiger partial charge on any atom is -0.488 e. The molecule has 12 aromatic rings. The smallest absolute Gasteiger partial charge is 0.187 e. The number of ether oxygens (including phenoxy) is 10. The van der Waals surface area contributed by atoms with E-state index < -0.39 is 0 Å². The molecule has 6 aliphatic heterocycles. The lowest BCUT2D eigenvalue weighted by Gasteiger charge is -2.31. The number of rotatable bonds is 26. The Labute approximate surface area is 829 Å². The van der Waals surface area contributed by atoms with E-state index in [-0.39, 0.29) is 36.1 Å². The van der Waals surface area contributed by atoms with Gasteiger partial charge in [-0.25, -0.2) is 68.6 Å². The molecule has 0 atom stereocenters. The molecule has 0 bridgehead atoms. The van der Waals surface area contributed by atoms with Gasteiger partial charge in [-0.2, -0.15) is 0 Å². The summed E-state index contributed by atoms with van der Waals surface area (Å²) in [5.74, 6) is 7.27. The average molecular weight is 1940 g/mol. The highest BCUT2D eigenvalue weighted by molar-refractivity contribution is 5.88. The van der Waals surface area contributed by atoms with Crippen molar-refractivity contribution in [3.8, 4) is 23.0 Å². The third-order valence-electron chi connectivity index (χ3n) is 28.8. The van der Waals surface area contributed by atoms with E-state index in [2.05, 4.69) is 172 Å². The van der Waals surface area contributed by atoms with Crippen molar-refractivity contribution in [3.63, 3.8) is 0 Å². The van der Waals surface area contributed by atoms with Gasteiger partial charge < -0.3 is 81.7 Å². The lowest BCUT2D eigenvalue weighted by Crippen LogP contribution is -2.37. The fourth-order valence-electron chi connectivity index (χ4n) is 21.0. The van der Waals surface area contributed by atoms with E-state index in [0.29, 0.717) is 85.8 Å². The predicted molar refractivity (Wildman–Crippen MR) is 539 cm³/mol. The van der Waals surface area contributed by atoms with Gasteiger partial charge in [-0.15, -0.1) is 0 Å². The van der Waals surface area contributed by atoms with E-state index in [4.69, 9.17) is 47.4 Å². The van der Waals surface area contributed by atoms with Gasteiger partial charge in [0.25, 0.3) is 0 Å². The van der Waals surface area contributed by atoms with Crippen LogP contribution in [0.5, 0.6) is 23.0 Å². The van der Waals surface area contributed by atoms with Crippen molar-refractivity contribution in [3.05, 3.63) is 181 Å². The molecule has 0 amide bonds. The molecule has 10 fully saturated rings. The van der Waals surface area contributed by atoms with Crippen molar-refractivity contribution in [1.29, 1.82) is 0 Å². The summed E-state index contributed by atoms with van der Waals surface area (Å²) in [7, 11) is 7.70. The maximum Gasteiger partial charge on any atom is 0.187 e. The van der Waals surface area contributed by atoms with Crippen LogP contribution in [0.3, 0.4) is 0 Å². The van der Waals surface area contributed by atoms with Crippen molar-refractivity contribution in [2.75, 3.05) is 215 Å². The van der Waals surface area contributed by atoms with Crippen LogP contribution in [0, 0.1) is 35.3 Å². The molecule has 10 aliphatic rings. The van der Waals surface area contributed by atoms with Crippen LogP contribution in [0.25, 0.3) is 44.1 Å². The van der Waals surface area contributed by atoms with Gasteiger partial charge in [-0.05, 0) is 178 Å². The Morgan fingerprint density at radius 2 is 0.592 bits per heavy atom. The van der Waals surface area contributed by atoms with Crippen molar-refractivity contribution < 1.29 is 56.1 Å². The number of hydrogen-bond donors (Lipinski definition) is 0. The van der Waals surface area contributed by atoms with Crippen LogP contribution in [-0.2, 0) is 67.2 Å². The van der Waals surface area contributed by atoms with Gasteiger partial charge in [0.15, 0.2) is 23.3 Å². The van der Waals surface area contributed by atoms with E-state index in [1.807, 2.05) is 29.7 Å². The fourth-order valence-corrected chi connectivity index (χ4v) is 21.0. The van der Waals surface area contributed by atoms with Gasteiger partial charge in [0, 0.05) is 251 Å². The number of benzene rings is 4. The highest BCUT2D eigenvalue weighted by Gasteiger charge is 2.34. The molecule has 8 aromatic heterocycles. The maximum absolute atomic E-state index is 15.3. The molecule has 752 valence electrons. The van der Waals surface area contributed by atoms with E-state index in [1.165, 1.54) is 18.2 Å². The van der Waals surface area contributed by atoms with E-state index >= 15 is 4.39 Å². The van der Waals surface area contributed by atoms with Gasteiger partial charge in [-0.3, -0.25) is 24.8 Å². The Bertz CT molecular complexity index is 6030. The van der Waals surface area contributed by atoms with Crippen molar-refractivity contribution in [2.24, 2.45) is 23.7 Å². The summed E-state index contributed by atoms with van der Waals surface area (Å²) in [5, 5.41) is 0. The molecule has 4 aliphatic carbocycles. The Balaban J connectivity index is 0.000000120. The standard InChI is InChI=1S/C28H36N6O3.C27H33FN6O3.C26H34N6O2.C25H31FN6O2/c1-3-24(4-2-21(1)15-27-31-18-22(19-32-27)20-33-7-11-35-12-8-33)37-26-17-23(34-9-13-36-14-10-34)16-25-28(26)30-6-5-29-25;28-25-22(31-18-32-27(25)34-9-13-36-14-10-34)15-19-1-3-21(4-2-19)37-24-17-20(33-7-11-35-12-8-33)16-23-26(24)30-6-5-29-23;1-31(2)18-20-16-29-25(30-17-20)13-19-3-5-22(6-4-19)34-24-15-21(32-9-11-33-12-10-32)14-23-26(24)28-8-7-27-23;1-31(2)25-23(26)20(29-16-30-25)13-17-3-5-19(6-4-17)34-22-15-18(32-9-11-33-12-10-32)14-21-24(22)28-8-7-27-21/h5-6,16-19,21,24H,1-4,7-15,20H2;5-6,16-19,21H,1-4,7-15H2;7-8,14-17,19,22H,3-6,9-13,18H2,1-2H3;7-8,14-17,19H,3-6,9-13H2,1-2H3. The molecule has 142 heavy (non-hydrogen) atoms. The normalized spacial score (nSPS) is 22.1. The number of halogens is 2. The van der Waals surface area contributed by atoms with Crippen LogP contribution >= 0.6 is 0 Å². The number of nitrogens with zero attached hydrogens (tertiary/aromatic N) is 24. The molecule has 0 unspecified atom stereocenters. The van der Waals surface area contributed by atoms with Crippen molar-refractivity contribution in [2.45, 2.75) is 166 Å². The number of aromatic nitrogens is 16. The van der Waals surface area contributed by atoms with Crippen LogP contribution in [0.15, 0.2) is 136 Å². The molecule has 22 rings (SSSR count). The molecule has 34 nitrogen and oxygen atoms in total. The number of fused-ring (bicyclic) bond motifs is 4. The number of morpholine rings is 6. The van der Waals surface area contributed by atoms with Crippen molar-refractivity contribution in [1.82, 2.24) is 89.5 Å². The number of anilines is 6. The third kappa shape index (κ3) is 26.4. The Morgan fingerprint density at radius 1 is 0.303 bits per heavy atom. The van der Waals surface area contributed by atoms with Crippen LogP contribution in [-0.4, -0.2) is 300 Å². The van der Waals surface area contributed by atoms with Gasteiger partial charge in [0.2, 0.25) is 0 Å². The Hall–Kier alpha value is -11.9. The van der Waals surface area contributed by atoms with Crippen LogP contribution < -0.4 is 48.3 Å². The Morgan fingerprint density at radius 3 is 0.915 bits per heavy atom. The first kappa shape index (κ1) is 98.9. The lowest BCUT2D eigenvalue weighted by molar-refractivity contribution is 0.0341. The Kier molecular flexibility index (Phi) is 34.1. The largest absolute Gasteiger partial charge is 0.488 e. The minimum atomic E-state index is -0.309. The average Bonchev–Trinajstić information content (AvgIpc) is 0.801. The van der Waals surface area contributed by atoms with Crippen LogP contribution in [0.4, 0.5) is 43.2 Å². The van der Waals surface area contributed by atoms with Crippen LogP contribution in [0.1, 0.15) is 137 Å². The molecule has 4 aromatic carbocycles. The molecule has 0 radical (unpaired) electrons. The summed E-state index contributed by atoms with van der Waals surface area (Å²) < 4.78 is 89.1. The molecular formula is C106H134F2N24O10. The summed E-state index contributed by atoms with van der Waals surface area (Å²) in [4.78, 5) is 89.3. The second kappa shape index (κ2) is 48.9. The fraction of sp³-hybridized carbons (Fsp3) is 0.547. The molecule has 14 heterocycles. The highest BCUT2D eigenvalue weighted by atomic mass is 19.1. The highest BCUT2D eigenvalue weighted by Crippen LogP contribution is 2.42. The van der Waals surface area contributed by atoms with Gasteiger partial charge in [0.1, 0.15) is 69.4 Å². The monoisotopic (exact) mass is 1940 g/mol. The molecule has 0 N–H and O–H groups in total. The molecule has 6 saturated heterocycles. The molecule has 36 heteroatoms. The topological polar surface area (TPSA) is 324 Å². The van der Waals surface area contributed by atoms with Crippen molar-refractivity contribution >= 4 is 78.5 Å². The zero-order chi connectivity index (χ0) is 96.7. The first-order valence-electron chi connectivity index (χ1n) is 51.3. The van der Waals surface area contributed by atoms with E-state index in [9.17, 15) is 4.39 Å². The zero-order valence-corrected chi connectivity index (χ0v) is 82.4. The van der Waals surface area contributed by atoms with Crippen LogP contribution in [0.2, 0.25) is 0 Å². The molecular weight excluding hydrogens is 1810 g/mol. The quantitative estimate of drug-likeness (QED) is 0.0486. The second-order valence-corrected chi connectivity index (χ2v) is 39.3. The van der Waals surface area contributed by atoms with Gasteiger partial charge in [-0.1, -0.05) is 0 Å². The summed E-state index contributed by atoms with van der Waals surface area (Å²) in [6, 6.07) is 16.9. The van der Waals surface area contributed by atoms with Gasteiger partial charge in [0.05, 0.1) is 137 Å². The minimum absolute atomic E-state index is 0.0977. The summed E-state index contributed by atoms with van der Waals surface area (Å²) in [5.41, 5.74) is 14.5. The molecule has 4 saturated carbocycles. The summed E-state index contributed by atoms with van der Waals surface area (Å²) in [6.45, 7) is 20.7. The lowest BCUT2D eigenvalue weighted by atomic mass is 9.84. The first-order valence-corrected chi connectivity index (χ1v) is 51.3. The SMILES string of the molecule is CN(C)Cc1cnc(CC2CCC(Oc3cc(N4CCOCC4)cc4nccnc34)CC2)nc1.CN(C)c1ncnc(CC2CCC(Oc3cc(N4CCOCC4)cc4nccnc34)CC2)c1F.Fc1c(CC2CCC(Oc3cc(N4CCOCC4)cc4nccnc34)CC2)ncnc1N1CCOCC1.c1cnc2c(OC3CCC(Cc4ncc(CN5CCOCC5)cn4)CC3)cc(N3CCOCC3)cc2n1. The summed E-state index contributed by atoms with van der Waals surface area (Å²) >= 11 is 0. The van der Waals surface area contributed by atoms with E-state index in [1.54, 1.807) is 68.6 Å². The zero-order valence-electron chi connectivity index (χ0n) is 82.4. The van der Waals surface area contributed by atoms with E-state index in [0.717, 1.165) is 367 Å². The second-order valence-electron chi connectivity index (χ2n) is 39.3. The maximum atomic E-state index is 15.3. The predicted octanol–water partition coefficient (Wildman–Crippen LogP) is 13.8. The number of hydrogen-bond acceptors (Lipinski definition) is 34.